The zero-order chi connectivity index (χ0) is 22.1. The number of carbonyl (C=O) groups excluding carboxylic acids is 2. The zero-order valence-corrected chi connectivity index (χ0v) is 18.3. The van der Waals surface area contributed by atoms with Gasteiger partial charge in [-0.25, -0.2) is 0 Å². The first-order chi connectivity index (χ1) is 14.3. The van der Waals surface area contributed by atoms with Crippen LogP contribution in [0.15, 0.2) is 36.5 Å². The van der Waals surface area contributed by atoms with Gasteiger partial charge < -0.3 is 25.8 Å². The van der Waals surface area contributed by atoms with Crippen molar-refractivity contribution in [2.45, 2.75) is 6.42 Å². The van der Waals surface area contributed by atoms with Crippen LogP contribution in [0.3, 0.4) is 0 Å². The van der Waals surface area contributed by atoms with Crippen LogP contribution >= 0.6 is 23.2 Å². The number of benzene rings is 1. The molecule has 0 aliphatic rings. The van der Waals surface area contributed by atoms with E-state index in [2.05, 4.69) is 15.5 Å². The van der Waals surface area contributed by atoms with Gasteiger partial charge in [-0.1, -0.05) is 0 Å². The molecule has 2 amide bonds. The van der Waals surface area contributed by atoms with Gasteiger partial charge in [0, 0.05) is 62.3 Å². The third kappa shape index (κ3) is 6.67. The SMILES string of the molecule is Cn1cc(NC(=O)c2ccc(N(CCCl)CCCl)cc2)cc1C(=O)NCCC(=N)N. The third-order valence-corrected chi connectivity index (χ3v) is 4.72. The van der Waals surface area contributed by atoms with Gasteiger partial charge in [-0.05, 0) is 30.3 Å². The normalized spacial score (nSPS) is 10.5. The number of anilines is 2. The van der Waals surface area contributed by atoms with Crippen molar-refractivity contribution in [1.29, 1.82) is 5.41 Å². The van der Waals surface area contributed by atoms with Gasteiger partial charge in [0.15, 0.2) is 0 Å². The van der Waals surface area contributed by atoms with E-state index in [1.165, 1.54) is 0 Å². The summed E-state index contributed by atoms with van der Waals surface area (Å²) in [6.45, 7) is 1.61. The van der Waals surface area contributed by atoms with Crippen molar-refractivity contribution in [3.05, 3.63) is 47.8 Å². The summed E-state index contributed by atoms with van der Waals surface area (Å²) in [4.78, 5) is 26.9. The molecule has 1 aromatic carbocycles. The maximum atomic E-state index is 12.6. The first-order valence-corrected chi connectivity index (χ1v) is 10.5. The van der Waals surface area contributed by atoms with Crippen LogP contribution < -0.4 is 21.3 Å². The van der Waals surface area contributed by atoms with Crippen molar-refractivity contribution in [3.8, 4) is 0 Å². The lowest BCUT2D eigenvalue weighted by Crippen LogP contribution is -2.28. The highest BCUT2D eigenvalue weighted by Gasteiger charge is 2.14. The molecule has 2 rings (SSSR count). The van der Waals surface area contributed by atoms with Crippen LogP contribution in [-0.4, -0.2) is 53.6 Å². The van der Waals surface area contributed by atoms with Crippen LogP contribution in [0.4, 0.5) is 11.4 Å². The lowest BCUT2D eigenvalue weighted by Gasteiger charge is -2.22. The van der Waals surface area contributed by atoms with Gasteiger partial charge in [0.2, 0.25) is 0 Å². The van der Waals surface area contributed by atoms with E-state index in [9.17, 15) is 9.59 Å². The Morgan fingerprint density at radius 1 is 1.13 bits per heavy atom. The molecular weight excluding hydrogens is 427 g/mol. The number of carbonyl (C=O) groups is 2. The van der Waals surface area contributed by atoms with E-state index >= 15 is 0 Å². The maximum Gasteiger partial charge on any atom is 0.267 e. The van der Waals surface area contributed by atoms with Gasteiger partial charge >= 0.3 is 0 Å². The Bertz CT molecular complexity index is 876. The van der Waals surface area contributed by atoms with E-state index in [-0.39, 0.29) is 30.6 Å². The van der Waals surface area contributed by atoms with E-state index < -0.39 is 0 Å². The second kappa shape index (κ2) is 11.5. The summed E-state index contributed by atoms with van der Waals surface area (Å²) in [6.07, 6.45) is 1.94. The van der Waals surface area contributed by atoms with Gasteiger partial charge in [-0.15, -0.1) is 23.2 Å². The molecule has 0 aliphatic heterocycles. The molecule has 8 nitrogen and oxygen atoms in total. The van der Waals surface area contributed by atoms with Crippen LogP contribution in [-0.2, 0) is 7.05 Å². The van der Waals surface area contributed by atoms with Crippen LogP contribution in [0.5, 0.6) is 0 Å². The molecule has 0 spiro atoms. The Morgan fingerprint density at radius 3 is 2.33 bits per heavy atom. The summed E-state index contributed by atoms with van der Waals surface area (Å²) >= 11 is 11.7. The van der Waals surface area contributed by atoms with Crippen LogP contribution in [0.1, 0.15) is 27.3 Å². The first-order valence-electron chi connectivity index (χ1n) is 9.41. The Hall–Kier alpha value is -2.71. The number of nitrogens with zero attached hydrogens (tertiary/aromatic N) is 2. The highest BCUT2D eigenvalue weighted by molar-refractivity contribution is 6.18. The molecule has 5 N–H and O–H groups in total. The van der Waals surface area contributed by atoms with Crippen LogP contribution in [0.2, 0.25) is 0 Å². The molecule has 30 heavy (non-hydrogen) atoms. The second-order valence-electron chi connectivity index (χ2n) is 6.62. The topological polar surface area (TPSA) is 116 Å². The molecule has 2 aromatic rings. The molecule has 0 saturated heterocycles. The fourth-order valence-corrected chi connectivity index (χ4v) is 3.27. The molecule has 0 bridgehead atoms. The molecule has 10 heteroatoms. The summed E-state index contributed by atoms with van der Waals surface area (Å²) < 4.78 is 1.62. The molecule has 0 atom stereocenters. The maximum absolute atomic E-state index is 12.6. The smallest absolute Gasteiger partial charge is 0.267 e. The Kier molecular flexibility index (Phi) is 9.01. The average Bonchev–Trinajstić information content (AvgIpc) is 3.07. The number of halogens is 2. The average molecular weight is 453 g/mol. The number of aromatic nitrogens is 1. The summed E-state index contributed by atoms with van der Waals surface area (Å²) in [5.41, 5.74) is 7.62. The lowest BCUT2D eigenvalue weighted by molar-refractivity contribution is 0.0945. The highest BCUT2D eigenvalue weighted by Crippen LogP contribution is 2.18. The van der Waals surface area contributed by atoms with Gasteiger partial charge in [0.05, 0.1) is 11.5 Å². The molecule has 0 fully saturated rings. The second-order valence-corrected chi connectivity index (χ2v) is 7.38. The molecule has 1 heterocycles. The van der Waals surface area contributed by atoms with E-state index in [1.807, 2.05) is 12.1 Å². The van der Waals surface area contributed by atoms with Gasteiger partial charge in [0.25, 0.3) is 11.8 Å². The number of hydrogen-bond donors (Lipinski definition) is 4. The van der Waals surface area contributed by atoms with Crippen molar-refractivity contribution >= 4 is 52.2 Å². The van der Waals surface area contributed by atoms with E-state index in [4.69, 9.17) is 34.3 Å². The van der Waals surface area contributed by atoms with Crippen LogP contribution in [0, 0.1) is 5.41 Å². The standard InChI is InChI=1S/C20H26Cl2N6O2/c1-27-13-15(12-17(27)20(30)25-9-6-18(23)24)26-19(29)14-2-4-16(5-3-14)28(10-7-21)11-8-22/h2-5,12-13H,6-11H2,1H3,(H3,23,24)(H,25,30)(H,26,29). The molecule has 0 aliphatic carbocycles. The number of rotatable bonds is 11. The fourth-order valence-electron chi connectivity index (χ4n) is 2.86. The molecular formula is C20H26Cl2N6O2. The summed E-state index contributed by atoms with van der Waals surface area (Å²) in [5.74, 6) is 0.393. The van der Waals surface area contributed by atoms with Gasteiger partial charge in [-0.2, -0.15) is 0 Å². The van der Waals surface area contributed by atoms with Crippen molar-refractivity contribution in [1.82, 2.24) is 9.88 Å². The number of nitrogens with two attached hydrogens (primary N) is 1. The Labute approximate surface area is 185 Å². The zero-order valence-electron chi connectivity index (χ0n) is 16.8. The molecule has 1 aromatic heterocycles. The lowest BCUT2D eigenvalue weighted by atomic mass is 10.1. The third-order valence-electron chi connectivity index (χ3n) is 4.38. The van der Waals surface area contributed by atoms with E-state index in [0.717, 1.165) is 5.69 Å². The number of aryl methyl sites for hydroxylation is 1. The van der Waals surface area contributed by atoms with Gasteiger partial charge in [-0.3, -0.25) is 15.0 Å². The number of hydrogen-bond acceptors (Lipinski definition) is 4. The Morgan fingerprint density at radius 2 is 1.77 bits per heavy atom. The van der Waals surface area contributed by atoms with E-state index in [1.54, 1.807) is 36.0 Å². The summed E-state index contributed by atoms with van der Waals surface area (Å²) in [6, 6.07) is 8.77. The van der Waals surface area contributed by atoms with Crippen molar-refractivity contribution < 1.29 is 9.59 Å². The number of alkyl halides is 2. The molecule has 0 radical (unpaired) electrons. The largest absolute Gasteiger partial charge is 0.388 e. The minimum atomic E-state index is -0.303. The summed E-state index contributed by atoms with van der Waals surface area (Å²) in [7, 11) is 1.71. The quantitative estimate of drug-likeness (QED) is 0.238. The van der Waals surface area contributed by atoms with E-state index in [0.29, 0.717) is 41.8 Å². The number of amidine groups is 1. The number of amides is 2. The minimum absolute atomic E-state index is 0.00888. The van der Waals surface area contributed by atoms with Crippen LogP contribution in [0.25, 0.3) is 0 Å². The molecule has 0 unspecified atom stereocenters. The highest BCUT2D eigenvalue weighted by atomic mass is 35.5. The monoisotopic (exact) mass is 452 g/mol. The predicted molar refractivity (Wildman–Crippen MR) is 122 cm³/mol. The van der Waals surface area contributed by atoms with Crippen molar-refractivity contribution in [2.75, 3.05) is 41.6 Å². The summed E-state index contributed by atoms with van der Waals surface area (Å²) in [5, 5.41) is 12.7. The van der Waals surface area contributed by atoms with Crippen molar-refractivity contribution in [2.24, 2.45) is 12.8 Å². The predicted octanol–water partition coefficient (Wildman–Crippen LogP) is 2.62. The fraction of sp³-hybridized carbons (Fsp3) is 0.350. The minimum Gasteiger partial charge on any atom is -0.388 e. The first kappa shape index (κ1) is 23.6. The Balaban J connectivity index is 2.02. The van der Waals surface area contributed by atoms with Crippen molar-refractivity contribution in [3.63, 3.8) is 0 Å². The number of nitrogens with one attached hydrogen (secondary N) is 3. The molecule has 162 valence electrons. The molecule has 0 saturated carbocycles. The van der Waals surface area contributed by atoms with Gasteiger partial charge in [0.1, 0.15) is 5.69 Å².